The molecule has 1 N–H and O–H groups in total. The number of hydrogen-bond donors (Lipinski definition) is 1. The molecule has 3 amide bonds. The Balaban J connectivity index is 1.67. The molecule has 3 aromatic rings. The lowest BCUT2D eigenvalue weighted by molar-refractivity contribution is -0.124. The quantitative estimate of drug-likeness (QED) is 0.402. The number of halogens is 2. The van der Waals surface area contributed by atoms with Crippen LogP contribution in [-0.2, 0) is 14.8 Å². The molecule has 2 atom stereocenters. The average Bonchev–Trinajstić information content (AvgIpc) is 3.44. The van der Waals surface area contributed by atoms with Gasteiger partial charge in [0.15, 0.2) is 0 Å². The number of carboxylic acids is 1. The van der Waals surface area contributed by atoms with Crippen molar-refractivity contribution in [3.63, 3.8) is 0 Å². The predicted octanol–water partition coefficient (Wildman–Crippen LogP) is 4.58. The van der Waals surface area contributed by atoms with Crippen LogP contribution in [0.15, 0.2) is 71.6 Å². The first-order valence-electron chi connectivity index (χ1n) is 12.4. The van der Waals surface area contributed by atoms with Gasteiger partial charge >= 0.3 is 12.0 Å². The van der Waals surface area contributed by atoms with Crippen LogP contribution in [0.2, 0.25) is 10.0 Å². The fraction of sp³-hybridized carbons (Fsp3) is 0.214. The Bertz CT molecular complexity index is 1720. The second kappa shape index (κ2) is 10.5. The Labute approximate surface area is 246 Å². The van der Waals surface area contributed by atoms with Gasteiger partial charge in [0.1, 0.15) is 5.54 Å². The lowest BCUT2D eigenvalue weighted by Gasteiger charge is -2.35. The Morgan fingerprint density at radius 1 is 1.07 bits per heavy atom. The summed E-state index contributed by atoms with van der Waals surface area (Å²) < 4.78 is 28.9. The van der Waals surface area contributed by atoms with Crippen LogP contribution in [0.25, 0.3) is 0 Å². The lowest BCUT2D eigenvalue weighted by Crippen LogP contribution is -2.55. The van der Waals surface area contributed by atoms with Crippen LogP contribution in [0.5, 0.6) is 0 Å². The normalized spacial score (nSPS) is 21.1. The zero-order valence-corrected chi connectivity index (χ0v) is 23.8. The molecule has 2 unspecified atom stereocenters. The highest BCUT2D eigenvalue weighted by molar-refractivity contribution is 7.89. The van der Waals surface area contributed by atoms with E-state index in [1.165, 1.54) is 41.3 Å². The summed E-state index contributed by atoms with van der Waals surface area (Å²) in [6.45, 7) is 1.18. The molecule has 0 aromatic heterocycles. The molecule has 10 nitrogen and oxygen atoms in total. The maximum atomic E-state index is 14.4. The van der Waals surface area contributed by atoms with Gasteiger partial charge in [-0.3, -0.25) is 4.79 Å². The summed E-state index contributed by atoms with van der Waals surface area (Å²) in [5.41, 5.74) is -0.817. The van der Waals surface area contributed by atoms with E-state index >= 15 is 0 Å². The number of carbonyl (C=O) groups is 3. The third-order valence-electron chi connectivity index (χ3n) is 7.44. The molecule has 0 radical (unpaired) electrons. The zero-order valence-electron chi connectivity index (χ0n) is 21.5. The second-order valence-corrected chi connectivity index (χ2v) is 12.4. The number of likely N-dealkylation sites (N-methyl/N-ethyl adjacent to an activating group) is 1. The van der Waals surface area contributed by atoms with Crippen LogP contribution in [0.4, 0.5) is 10.5 Å². The number of carboxylic acid groups (broad SMARTS) is 1. The van der Waals surface area contributed by atoms with Gasteiger partial charge in [-0.25, -0.2) is 22.9 Å². The fourth-order valence-electron chi connectivity index (χ4n) is 5.58. The number of imide groups is 1. The van der Waals surface area contributed by atoms with Gasteiger partial charge in [0.25, 0.3) is 5.91 Å². The number of hydrogen-bond acceptors (Lipinski definition) is 6. The van der Waals surface area contributed by atoms with Gasteiger partial charge in [0.05, 0.1) is 27.8 Å². The van der Waals surface area contributed by atoms with Crippen molar-refractivity contribution in [1.82, 2.24) is 9.21 Å². The largest absolute Gasteiger partial charge is 0.478 e. The number of anilines is 1. The van der Waals surface area contributed by atoms with Crippen LogP contribution < -0.4 is 4.90 Å². The van der Waals surface area contributed by atoms with Crippen molar-refractivity contribution in [2.45, 2.75) is 23.3 Å². The van der Waals surface area contributed by atoms with Gasteiger partial charge in [-0.2, -0.15) is 9.57 Å². The van der Waals surface area contributed by atoms with Gasteiger partial charge in [-0.15, -0.1) is 0 Å². The van der Waals surface area contributed by atoms with Crippen LogP contribution in [0.1, 0.15) is 34.3 Å². The molecule has 210 valence electrons. The Hall–Kier alpha value is -3.95. The maximum absolute atomic E-state index is 14.4. The molecule has 2 aliphatic rings. The summed E-state index contributed by atoms with van der Waals surface area (Å²) in [5, 5.41) is 19.1. The highest BCUT2D eigenvalue weighted by atomic mass is 35.5. The number of sulfonamides is 1. The van der Waals surface area contributed by atoms with E-state index in [-0.39, 0.29) is 45.8 Å². The van der Waals surface area contributed by atoms with Crippen LogP contribution in [-0.4, -0.2) is 65.8 Å². The number of nitrogens with zero attached hydrogens (tertiary/aromatic N) is 4. The summed E-state index contributed by atoms with van der Waals surface area (Å²) in [6, 6.07) is 17.0. The predicted molar refractivity (Wildman–Crippen MR) is 151 cm³/mol. The number of rotatable bonds is 6. The highest BCUT2D eigenvalue weighted by Crippen LogP contribution is 2.48. The lowest BCUT2D eigenvalue weighted by atomic mass is 9.80. The van der Waals surface area contributed by atoms with Crippen molar-refractivity contribution in [2.75, 3.05) is 24.5 Å². The number of aromatic carboxylic acids is 1. The third-order valence-corrected chi connectivity index (χ3v) is 9.68. The van der Waals surface area contributed by atoms with Crippen molar-refractivity contribution in [1.29, 1.82) is 5.26 Å². The van der Waals surface area contributed by atoms with Crippen LogP contribution >= 0.6 is 23.2 Å². The number of carbonyl (C=O) groups excluding carboxylic acids is 2. The van der Waals surface area contributed by atoms with E-state index < -0.39 is 39.4 Å². The SMILES string of the molecule is CCN1C(=O)N(c2cc(Cl)cc(Cl)c2)C(=O)C12CN(S(=O)(=O)c1cccc(C(=O)O)c1)CC2c1ccc(C#N)cc1. The Morgan fingerprint density at radius 2 is 1.73 bits per heavy atom. The van der Waals surface area contributed by atoms with Crippen molar-refractivity contribution >= 4 is 56.8 Å². The first kappa shape index (κ1) is 28.6. The van der Waals surface area contributed by atoms with E-state index in [4.69, 9.17) is 23.2 Å². The number of amides is 3. The molecule has 2 saturated heterocycles. The van der Waals surface area contributed by atoms with E-state index in [1.54, 1.807) is 31.2 Å². The molecule has 0 bridgehead atoms. The van der Waals surface area contributed by atoms with Crippen molar-refractivity contribution in [2.24, 2.45) is 0 Å². The minimum absolute atomic E-state index is 0.0739. The number of benzene rings is 3. The summed E-state index contributed by atoms with van der Waals surface area (Å²) >= 11 is 12.4. The zero-order chi connectivity index (χ0) is 29.7. The van der Waals surface area contributed by atoms with Gasteiger partial charge < -0.3 is 10.0 Å². The molecule has 2 fully saturated rings. The molecule has 3 aromatic carbocycles. The molecule has 0 saturated carbocycles. The molecule has 5 rings (SSSR count). The minimum atomic E-state index is -4.31. The Kier molecular flexibility index (Phi) is 7.29. The maximum Gasteiger partial charge on any atom is 0.335 e. The molecule has 41 heavy (non-hydrogen) atoms. The first-order valence-corrected chi connectivity index (χ1v) is 14.6. The average molecular weight is 613 g/mol. The van der Waals surface area contributed by atoms with Crippen molar-refractivity contribution in [3.8, 4) is 6.07 Å². The fourth-order valence-corrected chi connectivity index (χ4v) is 7.63. The molecule has 0 aliphatic carbocycles. The van der Waals surface area contributed by atoms with Crippen LogP contribution in [0.3, 0.4) is 0 Å². The van der Waals surface area contributed by atoms with Crippen molar-refractivity contribution < 1.29 is 27.9 Å². The first-order chi connectivity index (χ1) is 19.4. The number of nitriles is 1. The summed E-state index contributed by atoms with van der Waals surface area (Å²) in [4.78, 5) is 41.8. The topological polar surface area (TPSA) is 139 Å². The van der Waals surface area contributed by atoms with Gasteiger partial charge in [-0.1, -0.05) is 41.4 Å². The van der Waals surface area contributed by atoms with Crippen molar-refractivity contribution in [3.05, 3.63) is 93.5 Å². The highest BCUT2D eigenvalue weighted by Gasteiger charge is 2.66. The molecular formula is C28H22Cl2N4O6S. The standard InChI is InChI=1S/C28H22Cl2N4O6S/c1-2-33-27(38)34(22-12-20(29)11-21(30)13-22)26(37)28(33)16-32(15-24(28)18-8-6-17(14-31)7-9-18)41(39,40)23-5-3-4-19(10-23)25(35)36/h3-13,24H,2,15-16H2,1H3,(H,35,36). The van der Waals surface area contributed by atoms with E-state index in [1.807, 2.05) is 6.07 Å². The van der Waals surface area contributed by atoms with Crippen LogP contribution in [0, 0.1) is 11.3 Å². The molecule has 2 aliphatic heterocycles. The smallest absolute Gasteiger partial charge is 0.335 e. The van der Waals surface area contributed by atoms with Gasteiger partial charge in [-0.05, 0) is 61.0 Å². The summed E-state index contributed by atoms with van der Waals surface area (Å²) in [5.74, 6) is -2.78. The summed E-state index contributed by atoms with van der Waals surface area (Å²) in [7, 11) is -4.31. The molecular weight excluding hydrogens is 591 g/mol. The third kappa shape index (κ3) is 4.63. The van der Waals surface area contributed by atoms with E-state index in [0.717, 1.165) is 15.3 Å². The minimum Gasteiger partial charge on any atom is -0.478 e. The summed E-state index contributed by atoms with van der Waals surface area (Å²) in [6.07, 6.45) is 0. The van der Waals surface area contributed by atoms with E-state index in [2.05, 4.69) is 0 Å². The monoisotopic (exact) mass is 612 g/mol. The molecule has 13 heteroatoms. The van der Waals surface area contributed by atoms with E-state index in [0.29, 0.717) is 11.1 Å². The van der Waals surface area contributed by atoms with E-state index in [9.17, 15) is 33.2 Å². The molecule has 2 heterocycles. The van der Waals surface area contributed by atoms with Gasteiger partial charge in [0.2, 0.25) is 10.0 Å². The molecule has 1 spiro atoms. The second-order valence-electron chi connectivity index (χ2n) is 9.64. The van der Waals surface area contributed by atoms with Gasteiger partial charge in [0, 0.05) is 35.6 Å². The number of urea groups is 1. The Morgan fingerprint density at radius 3 is 2.32 bits per heavy atom.